The van der Waals surface area contributed by atoms with Crippen molar-refractivity contribution in [1.82, 2.24) is 9.78 Å². The minimum atomic E-state index is 0.146. The molecule has 0 amide bonds. The fourth-order valence-corrected chi connectivity index (χ4v) is 1.39. The van der Waals surface area contributed by atoms with Gasteiger partial charge in [-0.05, 0) is 13.3 Å². The summed E-state index contributed by atoms with van der Waals surface area (Å²) < 4.78 is 6.56. The zero-order valence-electron chi connectivity index (χ0n) is 8.91. The maximum absolute atomic E-state index is 11.6. The van der Waals surface area contributed by atoms with Gasteiger partial charge in [0.1, 0.15) is 0 Å². The maximum atomic E-state index is 11.6. The number of hydrogen-bond acceptors (Lipinski definition) is 3. The van der Waals surface area contributed by atoms with E-state index in [9.17, 15) is 4.79 Å². The second-order valence-corrected chi connectivity index (χ2v) is 3.32. The number of aryl methyl sites for hydroxylation is 2. The average Bonchev–Trinajstić information content (AvgIpc) is 2.45. The molecule has 0 spiro atoms. The first kappa shape index (κ1) is 10.9. The molecule has 0 aliphatic rings. The molecule has 0 aliphatic heterocycles. The minimum Gasteiger partial charge on any atom is -0.385 e. The molecule has 0 N–H and O–H groups in total. The maximum Gasteiger partial charge on any atom is 0.166 e. The summed E-state index contributed by atoms with van der Waals surface area (Å²) in [6.07, 6.45) is 3.06. The van der Waals surface area contributed by atoms with Crippen LogP contribution in [0.5, 0.6) is 0 Å². The van der Waals surface area contributed by atoms with E-state index in [1.165, 1.54) is 0 Å². The molecule has 1 aromatic heterocycles. The number of nitrogens with zero attached hydrogens (tertiary/aromatic N) is 2. The van der Waals surface area contributed by atoms with Gasteiger partial charge >= 0.3 is 0 Å². The van der Waals surface area contributed by atoms with Crippen molar-refractivity contribution in [2.45, 2.75) is 19.8 Å². The van der Waals surface area contributed by atoms with Crippen LogP contribution >= 0.6 is 0 Å². The van der Waals surface area contributed by atoms with Gasteiger partial charge < -0.3 is 4.74 Å². The fourth-order valence-electron chi connectivity index (χ4n) is 1.39. The summed E-state index contributed by atoms with van der Waals surface area (Å²) in [5.41, 5.74) is 1.53. The van der Waals surface area contributed by atoms with Crippen molar-refractivity contribution in [1.29, 1.82) is 0 Å². The van der Waals surface area contributed by atoms with Crippen LogP contribution in [0.25, 0.3) is 0 Å². The van der Waals surface area contributed by atoms with Gasteiger partial charge in [0.2, 0.25) is 0 Å². The lowest BCUT2D eigenvalue weighted by atomic mass is 10.1. The topological polar surface area (TPSA) is 44.1 Å². The predicted octanol–water partition coefficient (Wildman–Crippen LogP) is 1.34. The Morgan fingerprint density at radius 3 is 2.86 bits per heavy atom. The predicted molar refractivity (Wildman–Crippen MR) is 53.4 cm³/mol. The average molecular weight is 196 g/mol. The van der Waals surface area contributed by atoms with E-state index in [0.717, 1.165) is 17.7 Å². The number of Topliss-reactive ketones (excluding diaryl/α,β-unsaturated/α-hetero) is 1. The highest BCUT2D eigenvalue weighted by Gasteiger charge is 2.11. The lowest BCUT2D eigenvalue weighted by Gasteiger charge is -1.98. The number of aromatic nitrogens is 2. The highest BCUT2D eigenvalue weighted by molar-refractivity contribution is 5.96. The van der Waals surface area contributed by atoms with Crippen molar-refractivity contribution >= 4 is 5.78 Å². The van der Waals surface area contributed by atoms with Crippen molar-refractivity contribution < 1.29 is 9.53 Å². The van der Waals surface area contributed by atoms with E-state index in [-0.39, 0.29) is 5.78 Å². The smallest absolute Gasteiger partial charge is 0.166 e. The Morgan fingerprint density at radius 1 is 1.64 bits per heavy atom. The number of methoxy groups -OCH3 is 1. The normalized spacial score (nSPS) is 10.5. The van der Waals surface area contributed by atoms with E-state index in [1.807, 2.05) is 14.0 Å². The van der Waals surface area contributed by atoms with E-state index < -0.39 is 0 Å². The molecule has 1 aromatic rings. The third-order valence-corrected chi connectivity index (χ3v) is 2.07. The van der Waals surface area contributed by atoms with Crippen LogP contribution in [0.3, 0.4) is 0 Å². The molecule has 14 heavy (non-hydrogen) atoms. The third kappa shape index (κ3) is 2.67. The van der Waals surface area contributed by atoms with Crippen LogP contribution in [-0.4, -0.2) is 29.3 Å². The third-order valence-electron chi connectivity index (χ3n) is 2.07. The summed E-state index contributed by atoms with van der Waals surface area (Å²) in [5, 5.41) is 4.12. The minimum absolute atomic E-state index is 0.146. The standard InChI is InChI=1S/C10H16N2O2/c1-8-9(7-12(2)11-8)10(13)5-4-6-14-3/h7H,4-6H2,1-3H3. The molecule has 0 bridgehead atoms. The van der Waals surface area contributed by atoms with E-state index in [1.54, 1.807) is 18.0 Å². The molecule has 0 saturated heterocycles. The van der Waals surface area contributed by atoms with E-state index >= 15 is 0 Å². The molecule has 78 valence electrons. The molecule has 0 saturated carbocycles. The van der Waals surface area contributed by atoms with Gasteiger partial charge in [0.05, 0.1) is 11.3 Å². The van der Waals surface area contributed by atoms with Gasteiger partial charge in [-0.3, -0.25) is 9.48 Å². The summed E-state index contributed by atoms with van der Waals surface area (Å²) in [4.78, 5) is 11.6. The van der Waals surface area contributed by atoms with Gasteiger partial charge in [-0.15, -0.1) is 0 Å². The molecule has 1 rings (SSSR count). The van der Waals surface area contributed by atoms with Crippen molar-refractivity contribution in [3.63, 3.8) is 0 Å². The van der Waals surface area contributed by atoms with Gasteiger partial charge in [0, 0.05) is 33.4 Å². The van der Waals surface area contributed by atoms with Gasteiger partial charge in [-0.2, -0.15) is 5.10 Å². The number of carbonyl (C=O) groups excluding carboxylic acids is 1. The zero-order valence-corrected chi connectivity index (χ0v) is 8.91. The van der Waals surface area contributed by atoms with Gasteiger partial charge in [0.25, 0.3) is 0 Å². The summed E-state index contributed by atoms with van der Waals surface area (Å²) in [5.74, 6) is 0.146. The number of carbonyl (C=O) groups is 1. The van der Waals surface area contributed by atoms with Crippen LogP contribution in [0, 0.1) is 6.92 Å². The second kappa shape index (κ2) is 4.91. The molecule has 0 unspecified atom stereocenters. The lowest BCUT2D eigenvalue weighted by Crippen LogP contribution is -2.01. The van der Waals surface area contributed by atoms with Crippen molar-refractivity contribution in [3.8, 4) is 0 Å². The lowest BCUT2D eigenvalue weighted by molar-refractivity contribution is 0.0962. The zero-order chi connectivity index (χ0) is 10.6. The SMILES string of the molecule is COCCCC(=O)c1cn(C)nc1C. The van der Waals surface area contributed by atoms with Crippen LogP contribution in [-0.2, 0) is 11.8 Å². The number of hydrogen-bond donors (Lipinski definition) is 0. The van der Waals surface area contributed by atoms with Crippen LogP contribution in [0.15, 0.2) is 6.20 Å². The summed E-state index contributed by atoms with van der Waals surface area (Å²) in [7, 11) is 3.46. The Hall–Kier alpha value is -1.16. The van der Waals surface area contributed by atoms with E-state index in [4.69, 9.17) is 4.74 Å². The Bertz CT molecular complexity index is 318. The first-order valence-electron chi connectivity index (χ1n) is 4.67. The second-order valence-electron chi connectivity index (χ2n) is 3.32. The molecule has 4 heteroatoms. The van der Waals surface area contributed by atoms with Crippen molar-refractivity contribution in [2.24, 2.45) is 7.05 Å². The number of ketones is 1. The van der Waals surface area contributed by atoms with Crippen molar-refractivity contribution in [3.05, 3.63) is 17.5 Å². The Kier molecular flexibility index (Phi) is 3.83. The first-order chi connectivity index (χ1) is 6.65. The quantitative estimate of drug-likeness (QED) is 0.527. The molecule has 0 radical (unpaired) electrons. The monoisotopic (exact) mass is 196 g/mol. The van der Waals surface area contributed by atoms with E-state index in [0.29, 0.717) is 13.0 Å². The van der Waals surface area contributed by atoms with Gasteiger partial charge in [0.15, 0.2) is 5.78 Å². The van der Waals surface area contributed by atoms with Crippen LogP contribution in [0.4, 0.5) is 0 Å². The highest BCUT2D eigenvalue weighted by atomic mass is 16.5. The number of rotatable bonds is 5. The van der Waals surface area contributed by atoms with Crippen LogP contribution in [0.2, 0.25) is 0 Å². The molecule has 0 atom stereocenters. The highest BCUT2D eigenvalue weighted by Crippen LogP contribution is 2.09. The molecular weight excluding hydrogens is 180 g/mol. The van der Waals surface area contributed by atoms with Crippen molar-refractivity contribution in [2.75, 3.05) is 13.7 Å². The summed E-state index contributed by atoms with van der Waals surface area (Å²) in [6, 6.07) is 0. The summed E-state index contributed by atoms with van der Waals surface area (Å²) >= 11 is 0. The fraction of sp³-hybridized carbons (Fsp3) is 0.600. The first-order valence-corrected chi connectivity index (χ1v) is 4.67. The van der Waals surface area contributed by atoms with E-state index in [2.05, 4.69) is 5.10 Å². The Morgan fingerprint density at radius 2 is 2.36 bits per heavy atom. The Labute approximate surface area is 83.9 Å². The van der Waals surface area contributed by atoms with Gasteiger partial charge in [-0.25, -0.2) is 0 Å². The van der Waals surface area contributed by atoms with Gasteiger partial charge in [-0.1, -0.05) is 0 Å². The molecule has 1 heterocycles. The van der Waals surface area contributed by atoms with Crippen LogP contribution in [0.1, 0.15) is 28.9 Å². The largest absolute Gasteiger partial charge is 0.385 e. The molecular formula is C10H16N2O2. The number of ether oxygens (including phenoxy) is 1. The molecule has 0 fully saturated rings. The molecule has 0 aromatic carbocycles. The summed E-state index contributed by atoms with van der Waals surface area (Å²) in [6.45, 7) is 2.48. The molecule has 4 nitrogen and oxygen atoms in total. The molecule has 0 aliphatic carbocycles. The Balaban J connectivity index is 2.56. The van der Waals surface area contributed by atoms with Crippen LogP contribution < -0.4 is 0 Å².